The maximum atomic E-state index is 11.5. The third kappa shape index (κ3) is 3.16. The second-order valence-corrected chi connectivity index (χ2v) is 10.8. The summed E-state index contributed by atoms with van der Waals surface area (Å²) in [6.45, 7) is 5.09. The van der Waals surface area contributed by atoms with Gasteiger partial charge >= 0.3 is 5.97 Å². The van der Waals surface area contributed by atoms with Crippen LogP contribution in [0.15, 0.2) is 0 Å². The maximum absolute atomic E-state index is 11.5. The molecule has 4 fully saturated rings. The molecule has 27 heavy (non-hydrogen) atoms. The van der Waals surface area contributed by atoms with E-state index in [1.807, 2.05) is 0 Å². The minimum Gasteiger partial charge on any atom is -0.469 e. The highest BCUT2D eigenvalue weighted by Gasteiger charge is 2.61. The number of hydrogen-bond donors (Lipinski definition) is 1. The first kappa shape index (κ1) is 19.7. The number of aliphatic hydroxyl groups excluding tert-OH is 1. The van der Waals surface area contributed by atoms with Crippen molar-refractivity contribution in [2.24, 2.45) is 40.4 Å². The molecule has 3 nitrogen and oxygen atoms in total. The Hall–Kier alpha value is -0.570. The molecule has 154 valence electrons. The number of hydrogen-bond acceptors (Lipinski definition) is 3. The summed E-state index contributed by atoms with van der Waals surface area (Å²) in [5.74, 6) is 3.35. The van der Waals surface area contributed by atoms with Gasteiger partial charge in [-0.3, -0.25) is 4.79 Å². The molecular weight excluding hydrogens is 336 g/mol. The first-order chi connectivity index (χ1) is 12.9. The molecule has 0 aromatic carbocycles. The number of methoxy groups -OCH3 is 1. The summed E-state index contributed by atoms with van der Waals surface area (Å²) >= 11 is 0. The summed E-state index contributed by atoms with van der Waals surface area (Å²) in [5.41, 5.74) is 0.850. The van der Waals surface area contributed by atoms with E-state index >= 15 is 0 Å². The van der Waals surface area contributed by atoms with Crippen molar-refractivity contribution >= 4 is 5.97 Å². The van der Waals surface area contributed by atoms with Crippen molar-refractivity contribution in [1.82, 2.24) is 0 Å². The minimum absolute atomic E-state index is 0.0719. The van der Waals surface area contributed by atoms with Gasteiger partial charge in [0.1, 0.15) is 0 Å². The van der Waals surface area contributed by atoms with Crippen LogP contribution in [0.1, 0.15) is 90.9 Å². The van der Waals surface area contributed by atoms with E-state index in [1.165, 1.54) is 58.5 Å². The second-order valence-electron chi connectivity index (χ2n) is 10.8. The van der Waals surface area contributed by atoms with E-state index in [1.54, 1.807) is 0 Å². The molecule has 0 spiro atoms. The summed E-state index contributed by atoms with van der Waals surface area (Å²) in [5, 5.41) is 11.2. The summed E-state index contributed by atoms with van der Waals surface area (Å²) in [6.07, 6.45) is 14.3. The van der Waals surface area contributed by atoms with Gasteiger partial charge in [0, 0.05) is 6.42 Å². The fourth-order valence-electron chi connectivity index (χ4n) is 8.43. The number of rotatable bonds is 4. The van der Waals surface area contributed by atoms with Gasteiger partial charge < -0.3 is 9.84 Å². The molecule has 4 rings (SSSR count). The Morgan fingerprint density at radius 2 is 1.81 bits per heavy atom. The predicted molar refractivity (Wildman–Crippen MR) is 107 cm³/mol. The van der Waals surface area contributed by atoms with Crippen molar-refractivity contribution < 1.29 is 14.6 Å². The van der Waals surface area contributed by atoms with Crippen molar-refractivity contribution in [3.05, 3.63) is 0 Å². The van der Waals surface area contributed by atoms with Crippen molar-refractivity contribution in [2.45, 2.75) is 97.0 Å². The normalized spacial score (nSPS) is 49.0. The van der Waals surface area contributed by atoms with Gasteiger partial charge in [-0.25, -0.2) is 0 Å². The first-order valence-corrected chi connectivity index (χ1v) is 11.6. The van der Waals surface area contributed by atoms with Gasteiger partial charge in [0.15, 0.2) is 0 Å². The Balaban J connectivity index is 1.49. The molecule has 4 unspecified atom stereocenters. The Labute approximate surface area is 165 Å². The zero-order valence-corrected chi connectivity index (χ0v) is 17.7. The molecule has 0 saturated heterocycles. The van der Waals surface area contributed by atoms with E-state index in [2.05, 4.69) is 13.8 Å². The molecule has 0 aliphatic heterocycles. The van der Waals surface area contributed by atoms with Crippen LogP contribution in [0, 0.1) is 40.4 Å². The zero-order chi connectivity index (χ0) is 19.2. The monoisotopic (exact) mass is 376 g/mol. The van der Waals surface area contributed by atoms with E-state index in [0.29, 0.717) is 29.1 Å². The largest absolute Gasteiger partial charge is 0.469 e. The van der Waals surface area contributed by atoms with Crippen LogP contribution >= 0.6 is 0 Å². The summed E-state index contributed by atoms with van der Waals surface area (Å²) in [7, 11) is 1.49. The van der Waals surface area contributed by atoms with Gasteiger partial charge in [-0.2, -0.15) is 0 Å². The highest BCUT2D eigenvalue weighted by Crippen LogP contribution is 2.67. The second kappa shape index (κ2) is 7.35. The predicted octanol–water partition coefficient (Wildman–Crippen LogP) is 5.35. The van der Waals surface area contributed by atoms with E-state index < -0.39 is 0 Å². The first-order valence-electron chi connectivity index (χ1n) is 11.6. The quantitative estimate of drug-likeness (QED) is 0.673. The number of fused-ring (bicyclic) bond motifs is 5. The number of aliphatic hydroxyl groups is 1. The SMILES string of the molecule is COC(=O)CCCC1CCC2[C@@H]3C(O)C[C@@H]4CCCC[C@]4(C)C3CC[C@]12C. The van der Waals surface area contributed by atoms with Gasteiger partial charge in [-0.05, 0) is 98.2 Å². The van der Waals surface area contributed by atoms with Gasteiger partial charge in [0.2, 0.25) is 0 Å². The van der Waals surface area contributed by atoms with Crippen LogP contribution in [0.3, 0.4) is 0 Å². The molecule has 4 saturated carbocycles. The fraction of sp³-hybridized carbons (Fsp3) is 0.958. The van der Waals surface area contributed by atoms with Crippen LogP contribution in [0.4, 0.5) is 0 Å². The molecule has 8 atom stereocenters. The molecule has 4 aliphatic rings. The lowest BCUT2D eigenvalue weighted by Gasteiger charge is -2.62. The summed E-state index contributed by atoms with van der Waals surface area (Å²) in [4.78, 5) is 11.5. The van der Waals surface area contributed by atoms with Crippen molar-refractivity contribution in [3.8, 4) is 0 Å². The Morgan fingerprint density at radius 3 is 2.59 bits per heavy atom. The Bertz CT molecular complexity index is 560. The number of esters is 1. The number of carbonyl (C=O) groups excluding carboxylic acids is 1. The standard InChI is InChI=1S/C24H40O3/c1-23-13-5-4-7-17(23)15-20(25)22-18-11-10-16(8-6-9-21(26)27-3)24(18,2)14-12-19(22)23/h16-20,22,25H,4-15H2,1-3H3/t16?,17-,18?,19?,20?,22-,23-,24+/m0/s1. The van der Waals surface area contributed by atoms with Crippen LogP contribution < -0.4 is 0 Å². The van der Waals surface area contributed by atoms with Crippen LogP contribution in [0.2, 0.25) is 0 Å². The summed E-state index contributed by atoms with van der Waals surface area (Å²) in [6, 6.07) is 0. The molecule has 4 aliphatic carbocycles. The highest BCUT2D eigenvalue weighted by molar-refractivity contribution is 5.68. The van der Waals surface area contributed by atoms with Gasteiger partial charge in [-0.1, -0.05) is 26.7 Å². The topological polar surface area (TPSA) is 46.5 Å². The van der Waals surface area contributed by atoms with Gasteiger partial charge in [-0.15, -0.1) is 0 Å². The fourth-order valence-corrected chi connectivity index (χ4v) is 8.43. The molecule has 0 radical (unpaired) electrons. The molecule has 0 bridgehead atoms. The van der Waals surface area contributed by atoms with Gasteiger partial charge in [0.05, 0.1) is 13.2 Å². The maximum Gasteiger partial charge on any atom is 0.305 e. The van der Waals surface area contributed by atoms with E-state index in [9.17, 15) is 9.90 Å². The average Bonchev–Trinajstić information content (AvgIpc) is 2.98. The summed E-state index contributed by atoms with van der Waals surface area (Å²) < 4.78 is 4.82. The van der Waals surface area contributed by atoms with E-state index in [-0.39, 0.29) is 12.1 Å². The lowest BCUT2D eigenvalue weighted by Crippen LogP contribution is -2.57. The van der Waals surface area contributed by atoms with Gasteiger partial charge in [0.25, 0.3) is 0 Å². The van der Waals surface area contributed by atoms with Crippen LogP contribution in [-0.2, 0) is 9.53 Å². The third-order valence-electron chi connectivity index (χ3n) is 9.96. The lowest BCUT2D eigenvalue weighted by molar-refractivity contribution is -0.162. The Morgan fingerprint density at radius 1 is 1.04 bits per heavy atom. The molecule has 0 amide bonds. The van der Waals surface area contributed by atoms with E-state index in [4.69, 9.17) is 4.74 Å². The molecule has 3 heteroatoms. The van der Waals surface area contributed by atoms with Crippen LogP contribution in [0.25, 0.3) is 0 Å². The van der Waals surface area contributed by atoms with Crippen molar-refractivity contribution in [3.63, 3.8) is 0 Å². The molecular formula is C24H40O3. The zero-order valence-electron chi connectivity index (χ0n) is 17.7. The van der Waals surface area contributed by atoms with Crippen molar-refractivity contribution in [2.75, 3.05) is 7.11 Å². The average molecular weight is 377 g/mol. The third-order valence-corrected chi connectivity index (χ3v) is 9.96. The van der Waals surface area contributed by atoms with Crippen LogP contribution in [0.5, 0.6) is 0 Å². The molecule has 0 aromatic heterocycles. The number of ether oxygens (including phenoxy) is 1. The highest BCUT2D eigenvalue weighted by atomic mass is 16.5. The van der Waals surface area contributed by atoms with Crippen LogP contribution in [-0.4, -0.2) is 24.3 Å². The lowest BCUT2D eigenvalue weighted by atomic mass is 9.44. The van der Waals surface area contributed by atoms with E-state index in [0.717, 1.165) is 37.0 Å². The smallest absolute Gasteiger partial charge is 0.305 e. The number of carbonyl (C=O) groups is 1. The minimum atomic E-state index is -0.0791. The molecule has 0 aromatic rings. The van der Waals surface area contributed by atoms with Crippen molar-refractivity contribution in [1.29, 1.82) is 0 Å². The molecule has 1 N–H and O–H groups in total. The molecule has 0 heterocycles. The Kier molecular flexibility index (Phi) is 5.37.